The maximum Gasteiger partial charge on any atom is 0.329 e. The summed E-state index contributed by atoms with van der Waals surface area (Å²) >= 11 is 0. The van der Waals surface area contributed by atoms with Crippen molar-refractivity contribution in [1.29, 1.82) is 0 Å². The fourth-order valence-corrected chi connectivity index (χ4v) is 11.8. The second kappa shape index (κ2) is 38.5. The summed E-state index contributed by atoms with van der Waals surface area (Å²) in [6.07, 6.45) is -3.12. The van der Waals surface area contributed by atoms with Gasteiger partial charge in [0.15, 0.2) is 6.10 Å². The van der Waals surface area contributed by atoms with Gasteiger partial charge in [-0.1, -0.05) is 104 Å². The van der Waals surface area contributed by atoms with Crippen LogP contribution < -0.4 is 21.3 Å². The molecular formula is C67H121N11O15. The number of ether oxygens (including phenoxy) is 3. The largest absolute Gasteiger partial charge is 0.450 e. The standard InChI is InChI=1S/C67H121N11O15/c1-37(2)31-47-62(85)74(20)50(34-40(7)8)58(81)68-45(16)67(90)93-57(43(13)14)66(89)75(21)51(35-41(9)10)60(83)70-48(32-38(3)4)63(86)76(22)54(42(11)12)65(88)77(23)55(56(80)44(15)25-26-78-27-29-92-30-28-78)61(84)71-53(46(17)91-24)64(87)72(18)36-52(79)73(19)49(33-39(5)6)59(82)69-47/h37-51,53-57,80H,25-36H2,1-24H3,(H,68,81)(H,69,82)(H,70,83)(H,71,84)/t44-,45+,46-,47+,48+,49+,50+,51+,53+,54+,55+,56-,57-/m1/s1. The zero-order chi connectivity index (χ0) is 71.4. The molecule has 2 saturated heterocycles. The van der Waals surface area contributed by atoms with E-state index in [9.17, 15) is 43.5 Å². The van der Waals surface area contributed by atoms with E-state index in [1.807, 2.05) is 69.2 Å². The van der Waals surface area contributed by atoms with Gasteiger partial charge >= 0.3 is 5.97 Å². The maximum atomic E-state index is 15.4. The van der Waals surface area contributed by atoms with Gasteiger partial charge in [-0.25, -0.2) is 4.79 Å². The molecule has 0 unspecified atom stereocenters. The molecule has 2 heterocycles. The lowest BCUT2D eigenvalue weighted by atomic mass is 9.91. The minimum atomic E-state index is -1.69. The summed E-state index contributed by atoms with van der Waals surface area (Å²) in [4.78, 5) is 172. The number of likely N-dealkylation sites (N-methyl/N-ethyl adjacent to an activating group) is 6. The average Bonchev–Trinajstić information content (AvgIpc) is 0.835. The summed E-state index contributed by atoms with van der Waals surface area (Å²) in [6, 6.07) is -11.9. The molecule has 0 saturated carbocycles. The highest BCUT2D eigenvalue weighted by Gasteiger charge is 2.46. The van der Waals surface area contributed by atoms with Crippen LogP contribution in [0.4, 0.5) is 0 Å². The van der Waals surface area contributed by atoms with E-state index in [4.69, 9.17) is 14.2 Å². The number of cyclic esters (lactones) is 1. The van der Waals surface area contributed by atoms with Crippen molar-refractivity contribution in [3.05, 3.63) is 0 Å². The second-order valence-corrected chi connectivity index (χ2v) is 28.9. The smallest absolute Gasteiger partial charge is 0.329 e. The molecule has 2 aliphatic heterocycles. The molecule has 0 bridgehead atoms. The molecule has 26 nitrogen and oxygen atoms in total. The Labute approximate surface area is 555 Å². The van der Waals surface area contributed by atoms with Gasteiger partial charge in [0, 0.05) is 62.5 Å². The van der Waals surface area contributed by atoms with Gasteiger partial charge < -0.3 is 70.0 Å². The van der Waals surface area contributed by atoms with Crippen LogP contribution in [0.1, 0.15) is 156 Å². The van der Waals surface area contributed by atoms with Gasteiger partial charge in [0.1, 0.15) is 54.4 Å². The van der Waals surface area contributed by atoms with Gasteiger partial charge in [0.2, 0.25) is 53.2 Å². The number of methoxy groups -OCH3 is 1. The SMILES string of the molecule is CO[C@H](C)[C@@H]1NC(=O)[C@H]([C@H](O)[C@H](C)CCN2CCOCC2)N(C)C(=O)[C@H](C(C)C)N(C)C(=O)[C@H](CC(C)C)NC(=O)[C@H](CC(C)C)N(C)C(=O)[C@@H](C(C)C)OC(=O)[C@H](C)NC(=O)[C@H](CC(C)C)N(C)C(=O)[C@H](CC(C)C)NC(=O)[C@H](CC(C)C)N(C)C(=O)CN(C)C1=O. The molecule has 13 atom stereocenters. The van der Waals surface area contributed by atoms with Gasteiger partial charge in [-0.05, 0) is 106 Å². The highest BCUT2D eigenvalue weighted by atomic mass is 16.6. The number of esters is 1. The Morgan fingerprint density at radius 2 is 0.914 bits per heavy atom. The predicted molar refractivity (Wildman–Crippen MR) is 354 cm³/mol. The van der Waals surface area contributed by atoms with Crippen LogP contribution >= 0.6 is 0 Å². The van der Waals surface area contributed by atoms with Crippen LogP contribution in [0.5, 0.6) is 0 Å². The number of aliphatic hydroxyl groups is 1. The number of aliphatic hydroxyl groups excluding tert-OH is 1. The molecule has 2 fully saturated rings. The highest BCUT2D eigenvalue weighted by Crippen LogP contribution is 2.25. The third kappa shape index (κ3) is 24.6. The van der Waals surface area contributed by atoms with Crippen molar-refractivity contribution < 1.29 is 72.1 Å². The first kappa shape index (κ1) is 83.1. The van der Waals surface area contributed by atoms with Crippen LogP contribution in [0.25, 0.3) is 0 Å². The van der Waals surface area contributed by atoms with Crippen molar-refractivity contribution in [1.82, 2.24) is 55.6 Å². The topological polar surface area (TPSA) is 306 Å². The van der Waals surface area contributed by atoms with Gasteiger partial charge in [-0.2, -0.15) is 0 Å². The van der Waals surface area contributed by atoms with E-state index in [2.05, 4.69) is 26.2 Å². The Hall–Kier alpha value is -5.99. The normalized spacial score (nSPS) is 27.0. The molecule has 26 heteroatoms. The second-order valence-electron chi connectivity index (χ2n) is 28.9. The molecule has 0 aliphatic carbocycles. The molecule has 0 aromatic carbocycles. The molecule has 2 rings (SSSR count). The summed E-state index contributed by atoms with van der Waals surface area (Å²) < 4.78 is 17.1. The molecule has 10 amide bonds. The molecule has 0 aromatic rings. The number of morpholine rings is 1. The van der Waals surface area contributed by atoms with E-state index in [0.29, 0.717) is 39.3 Å². The third-order valence-electron chi connectivity index (χ3n) is 17.7. The zero-order valence-electron chi connectivity index (χ0n) is 60.8. The van der Waals surface area contributed by atoms with Crippen molar-refractivity contribution in [3.8, 4) is 0 Å². The fraction of sp³-hybridized carbons (Fsp3) is 0.836. The van der Waals surface area contributed by atoms with E-state index in [1.54, 1.807) is 34.6 Å². The van der Waals surface area contributed by atoms with Crippen molar-refractivity contribution in [2.24, 2.45) is 47.3 Å². The fourth-order valence-electron chi connectivity index (χ4n) is 11.8. The quantitative estimate of drug-likeness (QED) is 0.116. The lowest BCUT2D eigenvalue weighted by molar-refractivity contribution is -0.166. The van der Waals surface area contributed by atoms with Gasteiger partial charge in [0.25, 0.3) is 5.91 Å². The molecule has 534 valence electrons. The molecule has 93 heavy (non-hydrogen) atoms. The highest BCUT2D eigenvalue weighted by molar-refractivity contribution is 5.99. The van der Waals surface area contributed by atoms with Gasteiger partial charge in [-0.3, -0.25) is 52.8 Å². The summed E-state index contributed by atoms with van der Waals surface area (Å²) in [7, 11) is 9.67. The predicted octanol–water partition coefficient (Wildman–Crippen LogP) is 2.76. The van der Waals surface area contributed by atoms with Crippen molar-refractivity contribution >= 4 is 65.0 Å². The first-order valence-corrected chi connectivity index (χ1v) is 33.6. The molecule has 0 spiro atoms. The Morgan fingerprint density at radius 1 is 0.495 bits per heavy atom. The van der Waals surface area contributed by atoms with Crippen LogP contribution in [0, 0.1) is 47.3 Å². The Balaban J connectivity index is 3.05. The van der Waals surface area contributed by atoms with Crippen molar-refractivity contribution in [3.63, 3.8) is 0 Å². The Morgan fingerprint density at radius 3 is 1.34 bits per heavy atom. The molecule has 2 aliphatic rings. The van der Waals surface area contributed by atoms with E-state index in [1.165, 1.54) is 82.8 Å². The number of hydrogen-bond donors (Lipinski definition) is 5. The van der Waals surface area contributed by atoms with E-state index < -0.39 is 162 Å². The maximum absolute atomic E-state index is 15.4. The van der Waals surface area contributed by atoms with E-state index in [0.717, 1.165) is 9.80 Å². The first-order valence-electron chi connectivity index (χ1n) is 33.6. The number of amides is 10. The summed E-state index contributed by atoms with van der Waals surface area (Å²) in [5.41, 5.74) is 0. The number of nitrogens with one attached hydrogen (secondary N) is 4. The van der Waals surface area contributed by atoms with E-state index in [-0.39, 0.29) is 61.7 Å². The molecule has 5 N–H and O–H groups in total. The first-order chi connectivity index (χ1) is 43.1. The summed E-state index contributed by atoms with van der Waals surface area (Å²) in [5.74, 6) is -11.0. The lowest BCUT2D eigenvalue weighted by Gasteiger charge is -2.40. The van der Waals surface area contributed by atoms with Gasteiger partial charge in [-0.15, -0.1) is 0 Å². The summed E-state index contributed by atoms with van der Waals surface area (Å²) in [5, 5.41) is 23.7. The number of carbonyl (C=O) groups excluding carboxylic acids is 11. The number of hydrogen-bond acceptors (Lipinski definition) is 16. The number of nitrogens with zero attached hydrogens (tertiary/aromatic N) is 7. The van der Waals surface area contributed by atoms with Crippen LogP contribution in [0.15, 0.2) is 0 Å². The summed E-state index contributed by atoms with van der Waals surface area (Å²) in [6.45, 7) is 32.2. The number of carbonyl (C=O) groups is 11. The number of rotatable bonds is 19. The zero-order valence-corrected chi connectivity index (χ0v) is 60.8. The Kier molecular flexibility index (Phi) is 34.4. The lowest BCUT2D eigenvalue weighted by Crippen LogP contribution is -2.64. The molecular weight excluding hydrogens is 1200 g/mol. The van der Waals surface area contributed by atoms with E-state index >= 15 is 14.4 Å². The van der Waals surface area contributed by atoms with Crippen LogP contribution in [0.2, 0.25) is 0 Å². The molecule has 0 radical (unpaired) electrons. The van der Waals surface area contributed by atoms with Crippen LogP contribution in [0.3, 0.4) is 0 Å². The van der Waals surface area contributed by atoms with Gasteiger partial charge in [0.05, 0.1) is 32.0 Å². The van der Waals surface area contributed by atoms with Crippen molar-refractivity contribution in [2.45, 2.75) is 229 Å². The molecule has 0 aromatic heterocycles. The Bertz CT molecular complexity index is 2490. The average molecular weight is 1320 g/mol. The third-order valence-corrected chi connectivity index (χ3v) is 17.7. The minimum Gasteiger partial charge on any atom is -0.450 e. The monoisotopic (exact) mass is 1320 g/mol. The minimum absolute atomic E-state index is 0.0908. The van der Waals surface area contributed by atoms with Crippen LogP contribution in [-0.4, -0.2) is 266 Å². The van der Waals surface area contributed by atoms with Crippen LogP contribution in [-0.2, 0) is 67.0 Å². The van der Waals surface area contributed by atoms with Crippen molar-refractivity contribution in [2.75, 3.05) is 88.8 Å².